The van der Waals surface area contributed by atoms with Crippen molar-refractivity contribution >= 4 is 23.5 Å². The minimum atomic E-state index is -0.136. The lowest BCUT2D eigenvalue weighted by molar-refractivity contribution is 0.0922. The van der Waals surface area contributed by atoms with E-state index in [4.69, 9.17) is 14.1 Å². The fourth-order valence-electron chi connectivity index (χ4n) is 3.53. The van der Waals surface area contributed by atoms with Crippen LogP contribution in [0, 0.1) is 0 Å². The van der Waals surface area contributed by atoms with Crippen molar-refractivity contribution in [1.82, 2.24) is 15.3 Å². The summed E-state index contributed by atoms with van der Waals surface area (Å²) in [7, 11) is 1.68. The van der Waals surface area contributed by atoms with E-state index >= 15 is 0 Å². The molecule has 2 fully saturated rings. The number of hydrogen-bond acceptors (Lipinski definition) is 7. The Morgan fingerprint density at radius 1 is 1.31 bits per heavy atom. The second kappa shape index (κ2) is 9.17. The first-order chi connectivity index (χ1) is 14.1. The highest BCUT2D eigenvalue weighted by molar-refractivity contribution is 7.98. The fourth-order valence-corrected chi connectivity index (χ4v) is 4.30. The second-order valence-corrected chi connectivity index (χ2v) is 8.72. The molecule has 8 heteroatoms. The van der Waals surface area contributed by atoms with Crippen LogP contribution in [0.5, 0.6) is 0 Å². The molecule has 0 aromatic carbocycles. The lowest BCUT2D eigenvalue weighted by Crippen LogP contribution is -2.38. The summed E-state index contributed by atoms with van der Waals surface area (Å²) in [5.74, 6) is 2.51. The van der Waals surface area contributed by atoms with Gasteiger partial charge in [-0.05, 0) is 51.2 Å². The number of nitrogens with zero attached hydrogens (tertiary/aromatic N) is 3. The molecule has 1 amide bonds. The molecular weight excluding hydrogens is 388 g/mol. The molecule has 1 saturated heterocycles. The van der Waals surface area contributed by atoms with Crippen molar-refractivity contribution in [2.45, 2.75) is 68.6 Å². The Balaban J connectivity index is 1.44. The third-order valence-electron chi connectivity index (χ3n) is 5.28. The van der Waals surface area contributed by atoms with Crippen molar-refractivity contribution in [3.8, 4) is 0 Å². The number of methoxy groups -OCH3 is 1. The molecule has 1 N–H and O–H groups in total. The maximum atomic E-state index is 12.1. The molecule has 2 aliphatic rings. The largest absolute Gasteiger partial charge is 0.455 e. The van der Waals surface area contributed by atoms with Gasteiger partial charge in [0.2, 0.25) is 0 Å². The second-order valence-electron chi connectivity index (χ2n) is 7.77. The van der Waals surface area contributed by atoms with Gasteiger partial charge in [-0.3, -0.25) is 4.79 Å². The van der Waals surface area contributed by atoms with Crippen LogP contribution in [0.25, 0.3) is 0 Å². The molecule has 1 aliphatic heterocycles. The summed E-state index contributed by atoms with van der Waals surface area (Å²) in [5.41, 5.74) is 0.877. The van der Waals surface area contributed by atoms with Crippen LogP contribution in [0.1, 0.15) is 61.0 Å². The molecule has 0 bridgehead atoms. The molecule has 2 aromatic heterocycles. The third-order valence-corrected chi connectivity index (χ3v) is 6.15. The monoisotopic (exact) mass is 416 g/mol. The van der Waals surface area contributed by atoms with E-state index in [1.807, 2.05) is 12.1 Å². The highest BCUT2D eigenvalue weighted by atomic mass is 32.2. The minimum Gasteiger partial charge on any atom is -0.455 e. The highest BCUT2D eigenvalue weighted by Crippen LogP contribution is 2.28. The fraction of sp³-hybridized carbons (Fsp3) is 0.571. The topological polar surface area (TPSA) is 80.5 Å². The number of carbonyl (C=O) groups excluding carboxylic acids is 1. The summed E-state index contributed by atoms with van der Waals surface area (Å²) in [5, 5.41) is 3.64. The first-order valence-corrected chi connectivity index (χ1v) is 11.3. The number of ether oxygens (including phenoxy) is 1. The smallest absolute Gasteiger partial charge is 0.287 e. The summed E-state index contributed by atoms with van der Waals surface area (Å²) in [6.07, 6.45) is 5.76. The Hall–Kier alpha value is -2.06. The summed E-state index contributed by atoms with van der Waals surface area (Å²) in [4.78, 5) is 23.9. The van der Waals surface area contributed by atoms with E-state index in [0.717, 1.165) is 36.7 Å². The predicted octanol–water partition coefficient (Wildman–Crippen LogP) is 3.78. The number of anilines is 1. The number of carbonyl (C=O) groups is 1. The SMILES string of the molecule is COCc1cc(N2CCCCC2C)nc(SCc2ccc(C(=O)NC3CC3)o2)n1. The van der Waals surface area contributed by atoms with Crippen LogP contribution in [0.4, 0.5) is 5.82 Å². The van der Waals surface area contributed by atoms with Gasteiger partial charge in [-0.25, -0.2) is 9.97 Å². The van der Waals surface area contributed by atoms with Gasteiger partial charge in [0.15, 0.2) is 10.9 Å². The normalized spacial score (nSPS) is 19.4. The van der Waals surface area contributed by atoms with Crippen molar-refractivity contribution in [3.05, 3.63) is 35.4 Å². The summed E-state index contributed by atoms with van der Waals surface area (Å²) in [6.45, 7) is 3.73. The number of furan rings is 1. The first-order valence-electron chi connectivity index (χ1n) is 10.3. The zero-order chi connectivity index (χ0) is 20.2. The minimum absolute atomic E-state index is 0.136. The number of nitrogens with one attached hydrogen (secondary N) is 1. The zero-order valence-electron chi connectivity index (χ0n) is 17.0. The Bertz CT molecular complexity index is 852. The maximum Gasteiger partial charge on any atom is 0.287 e. The molecular formula is C21H28N4O3S. The highest BCUT2D eigenvalue weighted by Gasteiger charge is 2.25. The van der Waals surface area contributed by atoms with E-state index in [9.17, 15) is 4.79 Å². The van der Waals surface area contributed by atoms with Crippen LogP contribution in [0.3, 0.4) is 0 Å². The average Bonchev–Trinajstić information content (AvgIpc) is 3.39. The molecule has 2 aromatic rings. The summed E-state index contributed by atoms with van der Waals surface area (Å²) < 4.78 is 11.0. The van der Waals surface area contributed by atoms with Crippen LogP contribution in [0.15, 0.2) is 27.8 Å². The lowest BCUT2D eigenvalue weighted by atomic mass is 10.0. The number of piperidine rings is 1. The van der Waals surface area contributed by atoms with Gasteiger partial charge in [0, 0.05) is 31.8 Å². The lowest BCUT2D eigenvalue weighted by Gasteiger charge is -2.34. The number of rotatable bonds is 8. The van der Waals surface area contributed by atoms with Crippen LogP contribution >= 0.6 is 11.8 Å². The van der Waals surface area contributed by atoms with Crippen molar-refractivity contribution in [2.24, 2.45) is 0 Å². The summed E-state index contributed by atoms with van der Waals surface area (Å²) in [6, 6.07) is 6.41. The van der Waals surface area contributed by atoms with Gasteiger partial charge in [-0.1, -0.05) is 11.8 Å². The van der Waals surface area contributed by atoms with Gasteiger partial charge < -0.3 is 19.4 Å². The molecule has 29 heavy (non-hydrogen) atoms. The van der Waals surface area contributed by atoms with Gasteiger partial charge in [-0.2, -0.15) is 0 Å². The summed E-state index contributed by atoms with van der Waals surface area (Å²) >= 11 is 1.51. The Labute approximate surface area is 175 Å². The van der Waals surface area contributed by atoms with E-state index in [1.54, 1.807) is 13.2 Å². The van der Waals surface area contributed by atoms with Crippen molar-refractivity contribution in [2.75, 3.05) is 18.6 Å². The van der Waals surface area contributed by atoms with E-state index in [1.165, 1.54) is 31.0 Å². The van der Waals surface area contributed by atoms with E-state index in [2.05, 4.69) is 22.1 Å². The van der Waals surface area contributed by atoms with Crippen molar-refractivity contribution in [3.63, 3.8) is 0 Å². The number of amides is 1. The van der Waals surface area contributed by atoms with E-state index in [-0.39, 0.29) is 5.91 Å². The van der Waals surface area contributed by atoms with Gasteiger partial charge in [0.25, 0.3) is 5.91 Å². The van der Waals surface area contributed by atoms with Crippen molar-refractivity contribution < 1.29 is 13.9 Å². The molecule has 156 valence electrons. The zero-order valence-corrected chi connectivity index (χ0v) is 17.8. The van der Waals surface area contributed by atoms with E-state index in [0.29, 0.717) is 35.4 Å². The maximum absolute atomic E-state index is 12.1. The number of thioether (sulfide) groups is 1. The number of aromatic nitrogens is 2. The molecule has 4 rings (SSSR count). The molecule has 3 heterocycles. The van der Waals surface area contributed by atoms with Crippen LogP contribution in [-0.4, -0.2) is 41.6 Å². The number of hydrogen-bond donors (Lipinski definition) is 1. The van der Waals surface area contributed by atoms with Gasteiger partial charge in [0.05, 0.1) is 18.1 Å². The third kappa shape index (κ3) is 5.30. The molecule has 0 radical (unpaired) electrons. The quantitative estimate of drug-likeness (QED) is 0.518. The van der Waals surface area contributed by atoms with Crippen LogP contribution in [-0.2, 0) is 17.1 Å². The van der Waals surface area contributed by atoms with Gasteiger partial charge in [0.1, 0.15) is 11.6 Å². The van der Waals surface area contributed by atoms with E-state index < -0.39 is 0 Å². The molecule has 1 aliphatic carbocycles. The van der Waals surface area contributed by atoms with Crippen molar-refractivity contribution in [1.29, 1.82) is 0 Å². The Morgan fingerprint density at radius 3 is 2.93 bits per heavy atom. The van der Waals surface area contributed by atoms with Crippen LogP contribution in [0.2, 0.25) is 0 Å². The molecule has 1 unspecified atom stereocenters. The molecule has 7 nitrogen and oxygen atoms in total. The molecule has 0 spiro atoms. The Morgan fingerprint density at radius 2 is 2.17 bits per heavy atom. The molecule has 1 atom stereocenters. The van der Waals surface area contributed by atoms with Crippen LogP contribution < -0.4 is 10.2 Å². The van der Waals surface area contributed by atoms with Gasteiger partial charge >= 0.3 is 0 Å². The molecule has 1 saturated carbocycles. The standard InChI is InChI=1S/C21H28N4O3S/c1-14-5-3-4-10-25(14)19-11-16(12-27-2)23-21(24-19)29-13-17-8-9-18(28-17)20(26)22-15-6-7-15/h8-9,11,14-15H,3-7,10,12-13H2,1-2H3,(H,22,26). The van der Waals surface area contributed by atoms with Gasteiger partial charge in [-0.15, -0.1) is 0 Å². The Kier molecular flexibility index (Phi) is 6.40. The first kappa shape index (κ1) is 20.2. The average molecular weight is 417 g/mol. The predicted molar refractivity (Wildman–Crippen MR) is 112 cm³/mol.